The molecule has 1 unspecified atom stereocenters. The average molecular weight is 223 g/mol. The molecule has 1 aliphatic rings. The van der Waals surface area contributed by atoms with E-state index in [1.807, 2.05) is 19.2 Å². The van der Waals surface area contributed by atoms with E-state index in [9.17, 15) is 0 Å². The van der Waals surface area contributed by atoms with E-state index in [1.54, 1.807) is 0 Å². The van der Waals surface area contributed by atoms with Crippen molar-refractivity contribution in [1.29, 1.82) is 0 Å². The number of hydrogen-bond acceptors (Lipinski definition) is 4. The number of hydrogen-bond donors (Lipinski definition) is 1. The molecule has 2 rings (SSSR count). The molecule has 1 aromatic heterocycles. The summed E-state index contributed by atoms with van der Waals surface area (Å²) in [4.78, 5) is 8.44. The third kappa shape index (κ3) is 3.47. The first kappa shape index (κ1) is 10.9. The molecule has 0 amide bonds. The molecule has 1 saturated heterocycles. The smallest absolute Gasteiger partial charge is 0.125 e. The summed E-state index contributed by atoms with van der Waals surface area (Å²) in [5.74, 6) is 2.18. The number of nitrogens with zero attached hydrogens (tertiary/aromatic N) is 2. The van der Waals surface area contributed by atoms with Crippen molar-refractivity contribution in [3.05, 3.63) is 23.8 Å². The van der Waals surface area contributed by atoms with E-state index in [0.29, 0.717) is 0 Å². The molecule has 0 aliphatic carbocycles. The van der Waals surface area contributed by atoms with E-state index >= 15 is 0 Å². The molecule has 1 N–H and O–H groups in total. The van der Waals surface area contributed by atoms with Gasteiger partial charge in [0.2, 0.25) is 0 Å². The van der Waals surface area contributed by atoms with Gasteiger partial charge in [-0.25, -0.2) is 9.97 Å². The third-order valence-electron chi connectivity index (χ3n) is 2.54. The molecule has 82 valence electrons. The van der Waals surface area contributed by atoms with E-state index < -0.39 is 0 Å². The second-order valence-corrected chi connectivity index (χ2v) is 5.27. The van der Waals surface area contributed by atoms with Crippen molar-refractivity contribution in [2.75, 3.05) is 12.3 Å². The molecule has 0 saturated carbocycles. The largest absolute Gasteiger partial charge is 0.310 e. The summed E-state index contributed by atoms with van der Waals surface area (Å²) in [6, 6.07) is 1.97. The van der Waals surface area contributed by atoms with E-state index in [1.165, 1.54) is 18.6 Å². The van der Waals surface area contributed by atoms with E-state index in [0.717, 1.165) is 29.9 Å². The summed E-state index contributed by atoms with van der Waals surface area (Å²) in [5.41, 5.74) is 1.09. The molecule has 4 heteroatoms. The Kier molecular flexibility index (Phi) is 3.97. The van der Waals surface area contributed by atoms with Crippen LogP contribution >= 0.6 is 11.8 Å². The molecule has 1 aliphatic heterocycles. The van der Waals surface area contributed by atoms with Gasteiger partial charge in [0.05, 0.1) is 5.69 Å². The van der Waals surface area contributed by atoms with Crippen molar-refractivity contribution in [2.24, 2.45) is 0 Å². The van der Waals surface area contributed by atoms with Crippen molar-refractivity contribution in [3.8, 4) is 0 Å². The highest BCUT2D eigenvalue weighted by Crippen LogP contribution is 2.25. The number of nitrogens with one attached hydrogen (secondary N) is 1. The maximum atomic E-state index is 4.36. The Balaban J connectivity index is 1.73. The Labute approximate surface area is 95.1 Å². The van der Waals surface area contributed by atoms with Crippen LogP contribution in [0, 0.1) is 6.92 Å². The fourth-order valence-corrected chi connectivity index (χ4v) is 3.01. The van der Waals surface area contributed by atoms with Crippen LogP contribution in [0.3, 0.4) is 0 Å². The van der Waals surface area contributed by atoms with Gasteiger partial charge in [-0.05, 0) is 31.6 Å². The maximum Gasteiger partial charge on any atom is 0.125 e. The van der Waals surface area contributed by atoms with Crippen LogP contribution in [0.1, 0.15) is 24.4 Å². The Morgan fingerprint density at radius 1 is 1.60 bits per heavy atom. The Morgan fingerprint density at radius 2 is 2.53 bits per heavy atom. The summed E-state index contributed by atoms with van der Waals surface area (Å²) < 4.78 is 0. The van der Waals surface area contributed by atoms with Gasteiger partial charge in [-0.15, -0.1) is 0 Å². The predicted octanol–water partition coefficient (Wildman–Crippen LogP) is 1.77. The van der Waals surface area contributed by atoms with Crippen LogP contribution < -0.4 is 5.32 Å². The molecule has 1 fully saturated rings. The molecule has 0 radical (unpaired) electrons. The molecular weight excluding hydrogens is 206 g/mol. The van der Waals surface area contributed by atoms with Crippen molar-refractivity contribution in [3.63, 3.8) is 0 Å². The quantitative estimate of drug-likeness (QED) is 0.844. The Hall–Kier alpha value is -0.610. The minimum atomic E-state index is 0.813. The third-order valence-corrected chi connectivity index (χ3v) is 3.93. The van der Waals surface area contributed by atoms with Gasteiger partial charge in [-0.2, -0.15) is 11.8 Å². The van der Waals surface area contributed by atoms with E-state index in [4.69, 9.17) is 0 Å². The second-order valence-electron chi connectivity index (χ2n) is 3.86. The van der Waals surface area contributed by atoms with Gasteiger partial charge in [0, 0.05) is 24.5 Å². The van der Waals surface area contributed by atoms with Crippen molar-refractivity contribution in [1.82, 2.24) is 15.3 Å². The zero-order valence-corrected chi connectivity index (χ0v) is 9.89. The molecule has 0 spiro atoms. The molecule has 0 bridgehead atoms. The number of thioether (sulfide) groups is 1. The monoisotopic (exact) mass is 223 g/mol. The maximum absolute atomic E-state index is 4.36. The molecule has 1 atom stereocenters. The first-order chi connectivity index (χ1) is 7.34. The normalized spacial score (nSPS) is 20.7. The van der Waals surface area contributed by atoms with Crippen molar-refractivity contribution < 1.29 is 0 Å². The average Bonchev–Trinajstić information content (AvgIpc) is 2.71. The summed E-state index contributed by atoms with van der Waals surface area (Å²) in [5, 5.41) is 4.27. The minimum Gasteiger partial charge on any atom is -0.310 e. The highest BCUT2D eigenvalue weighted by Gasteiger charge is 2.14. The number of aryl methyl sites for hydroxylation is 1. The van der Waals surface area contributed by atoms with Gasteiger partial charge in [0.15, 0.2) is 0 Å². The van der Waals surface area contributed by atoms with Crippen LogP contribution in [0.15, 0.2) is 12.3 Å². The molecular formula is C11H17N3S. The Morgan fingerprint density at radius 3 is 3.27 bits per heavy atom. The van der Waals surface area contributed by atoms with E-state index in [-0.39, 0.29) is 0 Å². The fourth-order valence-electron chi connectivity index (χ4n) is 1.77. The van der Waals surface area contributed by atoms with Crippen LogP contribution in [0.25, 0.3) is 0 Å². The van der Waals surface area contributed by atoms with Gasteiger partial charge in [0.25, 0.3) is 0 Å². The summed E-state index contributed by atoms with van der Waals surface area (Å²) in [6.07, 6.45) is 4.56. The van der Waals surface area contributed by atoms with Gasteiger partial charge in [0.1, 0.15) is 5.82 Å². The number of rotatable bonds is 4. The van der Waals surface area contributed by atoms with Gasteiger partial charge >= 0.3 is 0 Å². The highest BCUT2D eigenvalue weighted by molar-refractivity contribution is 8.00. The van der Waals surface area contributed by atoms with Crippen LogP contribution in [-0.2, 0) is 6.54 Å². The number of aromatic nitrogens is 2. The molecule has 3 nitrogen and oxygen atoms in total. The lowest BCUT2D eigenvalue weighted by atomic mass is 10.2. The molecule has 1 aromatic rings. The lowest BCUT2D eigenvalue weighted by molar-refractivity contribution is 0.635. The van der Waals surface area contributed by atoms with Crippen LogP contribution in [0.4, 0.5) is 0 Å². The lowest BCUT2D eigenvalue weighted by Crippen LogP contribution is -2.23. The van der Waals surface area contributed by atoms with Gasteiger partial charge in [-0.3, -0.25) is 0 Å². The predicted molar refractivity (Wildman–Crippen MR) is 64.0 cm³/mol. The molecule has 15 heavy (non-hydrogen) atoms. The van der Waals surface area contributed by atoms with Crippen LogP contribution in [0.2, 0.25) is 0 Å². The van der Waals surface area contributed by atoms with Gasteiger partial charge < -0.3 is 5.32 Å². The van der Waals surface area contributed by atoms with Crippen LogP contribution in [-0.4, -0.2) is 27.5 Å². The standard InChI is InChI=1S/C11H17N3S/c1-9-13-5-4-10(14-9)7-12-8-11-3-2-6-15-11/h4-5,11-12H,2-3,6-8H2,1H3. The van der Waals surface area contributed by atoms with Crippen molar-refractivity contribution in [2.45, 2.75) is 31.6 Å². The summed E-state index contributed by atoms with van der Waals surface area (Å²) in [6.45, 7) is 3.89. The van der Waals surface area contributed by atoms with E-state index in [2.05, 4.69) is 27.0 Å². The van der Waals surface area contributed by atoms with Crippen LogP contribution in [0.5, 0.6) is 0 Å². The highest BCUT2D eigenvalue weighted by atomic mass is 32.2. The minimum absolute atomic E-state index is 0.813. The summed E-state index contributed by atoms with van der Waals surface area (Å²) in [7, 11) is 0. The van der Waals surface area contributed by atoms with Crippen molar-refractivity contribution >= 4 is 11.8 Å². The fraction of sp³-hybridized carbons (Fsp3) is 0.636. The SMILES string of the molecule is Cc1nccc(CNCC2CCCS2)n1. The topological polar surface area (TPSA) is 37.8 Å². The molecule has 0 aromatic carbocycles. The Bertz CT molecular complexity index is 310. The summed E-state index contributed by atoms with van der Waals surface area (Å²) >= 11 is 2.09. The lowest BCUT2D eigenvalue weighted by Gasteiger charge is -2.09. The first-order valence-electron chi connectivity index (χ1n) is 5.45. The second kappa shape index (κ2) is 5.47. The zero-order valence-electron chi connectivity index (χ0n) is 9.07. The molecule has 2 heterocycles. The zero-order chi connectivity index (χ0) is 10.5. The first-order valence-corrected chi connectivity index (χ1v) is 6.50. The van der Waals surface area contributed by atoms with Gasteiger partial charge in [-0.1, -0.05) is 0 Å².